The second-order valence-electron chi connectivity index (χ2n) is 6.94. The fourth-order valence-electron chi connectivity index (χ4n) is 3.30. The van der Waals surface area contributed by atoms with Crippen LogP contribution in [-0.2, 0) is 18.4 Å². The second kappa shape index (κ2) is 10.2. The molecular weight excluding hydrogens is 328 g/mol. The molecular formula is C19H34N6O. The summed E-state index contributed by atoms with van der Waals surface area (Å²) in [4.78, 5) is 18.7. The zero-order valence-electron chi connectivity index (χ0n) is 16.8. The molecule has 1 aliphatic rings. The van der Waals surface area contributed by atoms with Crippen molar-refractivity contribution in [1.29, 1.82) is 0 Å². The van der Waals surface area contributed by atoms with Crippen molar-refractivity contribution in [2.45, 2.75) is 59.4 Å². The zero-order valence-corrected chi connectivity index (χ0v) is 16.8. The Morgan fingerprint density at radius 1 is 1.23 bits per heavy atom. The Bertz CT molecular complexity index is 622. The Hall–Kier alpha value is -2.05. The van der Waals surface area contributed by atoms with E-state index in [0.717, 1.165) is 62.8 Å². The molecule has 2 rings (SSSR count). The highest BCUT2D eigenvalue weighted by atomic mass is 16.2. The zero-order chi connectivity index (χ0) is 18.9. The van der Waals surface area contributed by atoms with E-state index in [-0.39, 0.29) is 0 Å². The van der Waals surface area contributed by atoms with Crippen LogP contribution in [0.4, 0.5) is 0 Å². The first kappa shape index (κ1) is 20.3. The van der Waals surface area contributed by atoms with Crippen LogP contribution in [0, 0.1) is 13.8 Å². The highest BCUT2D eigenvalue weighted by Gasteiger charge is 2.15. The van der Waals surface area contributed by atoms with Crippen molar-refractivity contribution in [1.82, 2.24) is 25.3 Å². The number of aryl methyl sites for hydroxylation is 2. The molecule has 0 unspecified atom stereocenters. The second-order valence-corrected chi connectivity index (χ2v) is 6.94. The average molecular weight is 363 g/mol. The summed E-state index contributed by atoms with van der Waals surface area (Å²) >= 11 is 0. The van der Waals surface area contributed by atoms with E-state index in [0.29, 0.717) is 18.9 Å². The number of guanidine groups is 1. The van der Waals surface area contributed by atoms with Crippen LogP contribution in [0.15, 0.2) is 4.99 Å². The molecule has 1 saturated heterocycles. The van der Waals surface area contributed by atoms with Gasteiger partial charge in [0.15, 0.2) is 5.96 Å². The van der Waals surface area contributed by atoms with Gasteiger partial charge in [-0.05, 0) is 40.0 Å². The number of nitrogens with zero attached hydrogens (tertiary/aromatic N) is 4. The van der Waals surface area contributed by atoms with Crippen molar-refractivity contribution in [2.75, 3.05) is 26.2 Å². The minimum atomic E-state index is 0.311. The number of nitrogens with one attached hydrogen (secondary N) is 2. The fourth-order valence-corrected chi connectivity index (χ4v) is 3.30. The lowest BCUT2D eigenvalue weighted by Crippen LogP contribution is -2.39. The number of carbonyl (C=O) groups is 1. The number of aromatic nitrogens is 2. The molecule has 26 heavy (non-hydrogen) atoms. The molecule has 146 valence electrons. The van der Waals surface area contributed by atoms with Gasteiger partial charge in [-0.2, -0.15) is 5.10 Å². The Labute approximate surface area is 157 Å². The van der Waals surface area contributed by atoms with E-state index >= 15 is 0 Å². The Morgan fingerprint density at radius 2 is 2.04 bits per heavy atom. The van der Waals surface area contributed by atoms with Crippen molar-refractivity contribution in [3.8, 4) is 0 Å². The third-order valence-electron chi connectivity index (χ3n) is 4.97. The van der Waals surface area contributed by atoms with E-state index in [4.69, 9.17) is 4.99 Å². The Morgan fingerprint density at radius 3 is 2.73 bits per heavy atom. The summed E-state index contributed by atoms with van der Waals surface area (Å²) < 4.78 is 1.90. The lowest BCUT2D eigenvalue weighted by atomic mass is 10.2. The van der Waals surface area contributed by atoms with Crippen molar-refractivity contribution >= 4 is 11.9 Å². The summed E-state index contributed by atoms with van der Waals surface area (Å²) in [6.07, 6.45) is 4.98. The molecule has 1 aromatic heterocycles. The first-order chi connectivity index (χ1) is 12.5. The molecule has 0 aliphatic carbocycles. The van der Waals surface area contributed by atoms with Crippen LogP contribution in [-0.4, -0.2) is 52.7 Å². The predicted molar refractivity (Wildman–Crippen MR) is 105 cm³/mol. The van der Waals surface area contributed by atoms with Gasteiger partial charge in [-0.25, -0.2) is 4.99 Å². The summed E-state index contributed by atoms with van der Waals surface area (Å²) in [5.41, 5.74) is 3.37. The lowest BCUT2D eigenvalue weighted by molar-refractivity contribution is -0.130. The first-order valence-corrected chi connectivity index (χ1v) is 9.82. The molecule has 7 nitrogen and oxygen atoms in total. The molecule has 0 aromatic carbocycles. The molecule has 1 aliphatic heterocycles. The maximum Gasteiger partial charge on any atom is 0.222 e. The SMILES string of the molecule is CCNC(=NCc1c(C)nn(C)c1C)NCCCN1CCCCCC1=O. The number of hydrogen-bond acceptors (Lipinski definition) is 3. The number of hydrogen-bond donors (Lipinski definition) is 2. The van der Waals surface area contributed by atoms with Crippen LogP contribution in [0.25, 0.3) is 0 Å². The van der Waals surface area contributed by atoms with Crippen LogP contribution in [0.3, 0.4) is 0 Å². The van der Waals surface area contributed by atoms with Gasteiger partial charge in [0.1, 0.15) is 0 Å². The molecule has 1 fully saturated rings. The number of amides is 1. The monoisotopic (exact) mass is 362 g/mol. The molecule has 0 radical (unpaired) electrons. The smallest absolute Gasteiger partial charge is 0.222 e. The van der Waals surface area contributed by atoms with Crippen molar-refractivity contribution in [3.05, 3.63) is 17.0 Å². The first-order valence-electron chi connectivity index (χ1n) is 9.82. The molecule has 0 spiro atoms. The highest BCUT2D eigenvalue weighted by Crippen LogP contribution is 2.13. The van der Waals surface area contributed by atoms with E-state index in [1.54, 1.807) is 0 Å². The molecule has 0 saturated carbocycles. The van der Waals surface area contributed by atoms with Crippen LogP contribution in [0.1, 0.15) is 56.0 Å². The number of rotatable bonds is 7. The molecule has 0 atom stereocenters. The van der Waals surface area contributed by atoms with Crippen LogP contribution in [0.5, 0.6) is 0 Å². The third kappa shape index (κ3) is 5.75. The largest absolute Gasteiger partial charge is 0.357 e. The van der Waals surface area contributed by atoms with Crippen LogP contribution in [0.2, 0.25) is 0 Å². The van der Waals surface area contributed by atoms with Gasteiger partial charge in [-0.3, -0.25) is 9.48 Å². The quantitative estimate of drug-likeness (QED) is 0.441. The van der Waals surface area contributed by atoms with Gasteiger partial charge in [0.25, 0.3) is 0 Å². The molecule has 2 N–H and O–H groups in total. The van der Waals surface area contributed by atoms with Gasteiger partial charge in [0, 0.05) is 50.9 Å². The summed E-state index contributed by atoms with van der Waals surface area (Å²) in [5.74, 6) is 1.13. The summed E-state index contributed by atoms with van der Waals surface area (Å²) in [7, 11) is 1.96. The van der Waals surface area contributed by atoms with Gasteiger partial charge >= 0.3 is 0 Å². The van der Waals surface area contributed by atoms with Gasteiger partial charge in [0.2, 0.25) is 5.91 Å². The average Bonchev–Trinajstić information content (AvgIpc) is 2.76. The van der Waals surface area contributed by atoms with Crippen molar-refractivity contribution in [3.63, 3.8) is 0 Å². The van der Waals surface area contributed by atoms with Gasteiger partial charge < -0.3 is 15.5 Å². The Balaban J connectivity index is 1.82. The minimum Gasteiger partial charge on any atom is -0.357 e. The minimum absolute atomic E-state index is 0.311. The molecule has 1 aromatic rings. The van der Waals surface area contributed by atoms with Gasteiger partial charge in [-0.1, -0.05) is 6.42 Å². The standard InChI is InChI=1S/C19H34N6O/c1-5-20-19(22-14-17-15(2)23-24(4)16(17)3)21-11-9-13-25-12-8-6-7-10-18(25)26/h5-14H2,1-4H3,(H2,20,21,22). The third-order valence-corrected chi connectivity index (χ3v) is 4.97. The van der Waals surface area contributed by atoms with E-state index in [1.165, 1.54) is 12.0 Å². The van der Waals surface area contributed by atoms with Gasteiger partial charge in [-0.15, -0.1) is 0 Å². The molecule has 2 heterocycles. The number of aliphatic imine (C=N–C) groups is 1. The van der Waals surface area contributed by atoms with Gasteiger partial charge in [0.05, 0.1) is 12.2 Å². The number of carbonyl (C=O) groups excluding carboxylic acids is 1. The fraction of sp³-hybridized carbons (Fsp3) is 0.737. The highest BCUT2D eigenvalue weighted by molar-refractivity contribution is 5.79. The topological polar surface area (TPSA) is 74.6 Å². The van der Waals surface area contributed by atoms with Crippen LogP contribution >= 0.6 is 0 Å². The summed E-state index contributed by atoms with van der Waals surface area (Å²) in [6, 6.07) is 0. The predicted octanol–water partition coefficient (Wildman–Crippen LogP) is 1.88. The number of likely N-dealkylation sites (tertiary alicyclic amines) is 1. The lowest BCUT2D eigenvalue weighted by Gasteiger charge is -2.20. The van der Waals surface area contributed by atoms with E-state index in [1.807, 2.05) is 23.6 Å². The van der Waals surface area contributed by atoms with E-state index < -0.39 is 0 Å². The van der Waals surface area contributed by atoms with Crippen LogP contribution < -0.4 is 10.6 Å². The Kier molecular flexibility index (Phi) is 7.94. The van der Waals surface area contributed by atoms with E-state index in [2.05, 4.69) is 29.6 Å². The normalized spacial score (nSPS) is 15.9. The maximum absolute atomic E-state index is 12.0. The van der Waals surface area contributed by atoms with E-state index in [9.17, 15) is 4.79 Å². The summed E-state index contributed by atoms with van der Waals surface area (Å²) in [6.45, 7) is 10.1. The molecule has 0 bridgehead atoms. The maximum atomic E-state index is 12.0. The summed E-state index contributed by atoms with van der Waals surface area (Å²) in [5, 5.41) is 11.1. The molecule has 7 heteroatoms. The molecule has 1 amide bonds. The van der Waals surface area contributed by atoms with Crippen molar-refractivity contribution in [2.24, 2.45) is 12.0 Å². The van der Waals surface area contributed by atoms with Crippen molar-refractivity contribution < 1.29 is 4.79 Å².